The number of thiophene rings is 1. The number of aromatic nitrogens is 6. The van der Waals surface area contributed by atoms with Gasteiger partial charge in [0.2, 0.25) is 11.9 Å². The first kappa shape index (κ1) is 22.4. The summed E-state index contributed by atoms with van der Waals surface area (Å²) in [7, 11) is 0. The van der Waals surface area contributed by atoms with Gasteiger partial charge in [0, 0.05) is 38.0 Å². The largest absolute Gasteiger partial charge is 0.278 e. The molecule has 7 heteroatoms. The Morgan fingerprint density at radius 3 is 1.88 bits per heavy atom. The van der Waals surface area contributed by atoms with Gasteiger partial charge in [-0.3, -0.25) is 14.1 Å². The van der Waals surface area contributed by atoms with E-state index in [0.29, 0.717) is 17.7 Å². The van der Waals surface area contributed by atoms with Crippen LogP contribution >= 0.6 is 11.3 Å². The summed E-state index contributed by atoms with van der Waals surface area (Å²) < 4.78 is 5.50. The molecule has 0 aliphatic heterocycles. The molecule has 0 spiro atoms. The molecule has 0 N–H and O–H groups in total. The molecule has 5 aromatic heterocycles. The van der Waals surface area contributed by atoms with Crippen molar-refractivity contribution in [2.24, 2.45) is 0 Å². The SMILES string of the molecule is c1ccc(-c2nc(-n3c4ccccc4c4ccccc43)nc(-n3c4cccnc4c4c5ccccc5sc43)n2)cc1. The van der Waals surface area contributed by atoms with Crippen LogP contribution in [0.2, 0.25) is 0 Å². The fourth-order valence-electron chi connectivity index (χ4n) is 5.90. The Morgan fingerprint density at radius 1 is 0.512 bits per heavy atom. The zero-order chi connectivity index (χ0) is 26.9. The lowest BCUT2D eigenvalue weighted by molar-refractivity contribution is 0.894. The van der Waals surface area contributed by atoms with Crippen LogP contribution in [0.25, 0.3) is 76.4 Å². The number of hydrogen-bond donors (Lipinski definition) is 0. The predicted octanol–water partition coefficient (Wildman–Crippen LogP) is 8.34. The van der Waals surface area contributed by atoms with Crippen molar-refractivity contribution in [2.75, 3.05) is 0 Å². The Kier molecular flexibility index (Phi) is 4.67. The van der Waals surface area contributed by atoms with E-state index in [-0.39, 0.29) is 0 Å². The van der Waals surface area contributed by atoms with E-state index < -0.39 is 0 Å². The molecule has 0 atom stereocenters. The summed E-state index contributed by atoms with van der Waals surface area (Å²) in [6.07, 6.45) is 1.85. The van der Waals surface area contributed by atoms with E-state index in [0.717, 1.165) is 48.6 Å². The van der Waals surface area contributed by atoms with Crippen LogP contribution in [0.4, 0.5) is 0 Å². The van der Waals surface area contributed by atoms with Crippen molar-refractivity contribution in [1.29, 1.82) is 0 Å². The lowest BCUT2D eigenvalue weighted by atomic mass is 10.2. The highest BCUT2D eigenvalue weighted by atomic mass is 32.1. The minimum absolute atomic E-state index is 0.565. The average molecular weight is 545 g/mol. The number of hydrogen-bond acceptors (Lipinski definition) is 5. The summed E-state index contributed by atoms with van der Waals surface area (Å²) in [6.45, 7) is 0. The molecule has 0 bridgehead atoms. The second-order valence-corrected chi connectivity index (χ2v) is 11.0. The lowest BCUT2D eigenvalue weighted by Crippen LogP contribution is -2.10. The van der Waals surface area contributed by atoms with Crippen molar-refractivity contribution in [3.8, 4) is 23.3 Å². The van der Waals surface area contributed by atoms with Gasteiger partial charge in [0.05, 0.1) is 22.1 Å². The van der Waals surface area contributed by atoms with Crippen molar-refractivity contribution in [3.63, 3.8) is 0 Å². The highest BCUT2D eigenvalue weighted by molar-refractivity contribution is 7.25. The normalized spacial score (nSPS) is 11.9. The third-order valence-electron chi connectivity index (χ3n) is 7.67. The Morgan fingerprint density at radius 2 is 1.12 bits per heavy atom. The van der Waals surface area contributed by atoms with E-state index in [2.05, 4.69) is 88.0 Å². The lowest BCUT2D eigenvalue weighted by Gasteiger charge is -2.12. The first-order chi connectivity index (χ1) is 20.3. The maximum Gasteiger partial charge on any atom is 0.240 e. The molecule has 0 unspecified atom stereocenters. The van der Waals surface area contributed by atoms with Crippen molar-refractivity contribution in [2.45, 2.75) is 0 Å². The zero-order valence-electron chi connectivity index (χ0n) is 21.6. The molecule has 0 saturated carbocycles. The van der Waals surface area contributed by atoms with Gasteiger partial charge in [-0.1, -0.05) is 84.9 Å². The topological polar surface area (TPSA) is 61.4 Å². The molecule has 0 aliphatic carbocycles. The van der Waals surface area contributed by atoms with Crippen LogP contribution in [0, 0.1) is 0 Å². The van der Waals surface area contributed by atoms with Crippen LogP contribution < -0.4 is 0 Å². The minimum Gasteiger partial charge on any atom is -0.278 e. The molecule has 192 valence electrons. The third kappa shape index (κ3) is 3.24. The second kappa shape index (κ2) is 8.55. The van der Waals surface area contributed by atoms with Crippen LogP contribution in [0.15, 0.2) is 121 Å². The zero-order valence-corrected chi connectivity index (χ0v) is 22.5. The van der Waals surface area contributed by atoms with E-state index in [4.69, 9.17) is 19.9 Å². The van der Waals surface area contributed by atoms with Gasteiger partial charge in [0.1, 0.15) is 4.83 Å². The van der Waals surface area contributed by atoms with Crippen molar-refractivity contribution < 1.29 is 0 Å². The average Bonchev–Trinajstić information content (AvgIpc) is 3.68. The smallest absolute Gasteiger partial charge is 0.240 e. The number of rotatable bonds is 3. The standard InChI is InChI=1S/C34H20N6S/c1-2-11-21(12-3-1)31-36-33(39-25-16-7-4-13-22(25)23-14-5-8-17-26(23)39)38-34(37-31)40-27-18-10-20-35-30(27)29-24-15-6-9-19-28(24)41-32(29)40/h1-20H. The number of pyridine rings is 1. The monoisotopic (exact) mass is 544 g/mol. The van der Waals surface area contributed by atoms with Crippen LogP contribution in [-0.2, 0) is 0 Å². The fourth-order valence-corrected chi connectivity index (χ4v) is 7.12. The van der Waals surface area contributed by atoms with E-state index in [1.165, 1.54) is 10.1 Å². The summed E-state index contributed by atoms with van der Waals surface area (Å²) in [4.78, 5) is 21.3. The van der Waals surface area contributed by atoms with Gasteiger partial charge in [-0.25, -0.2) is 0 Å². The third-order valence-corrected chi connectivity index (χ3v) is 8.82. The van der Waals surface area contributed by atoms with E-state index in [1.807, 2.05) is 42.6 Å². The number of fused-ring (bicyclic) bond motifs is 8. The first-order valence-corrected chi connectivity index (χ1v) is 14.2. The molecule has 9 rings (SSSR count). The van der Waals surface area contributed by atoms with Gasteiger partial charge in [0.15, 0.2) is 5.82 Å². The second-order valence-electron chi connectivity index (χ2n) is 9.98. The van der Waals surface area contributed by atoms with Crippen LogP contribution in [0.3, 0.4) is 0 Å². The molecule has 4 aromatic carbocycles. The molecule has 6 nitrogen and oxygen atoms in total. The molecule has 0 aliphatic rings. The van der Waals surface area contributed by atoms with Crippen molar-refractivity contribution >= 4 is 64.5 Å². The van der Waals surface area contributed by atoms with E-state index in [1.54, 1.807) is 11.3 Å². The first-order valence-electron chi connectivity index (χ1n) is 13.4. The van der Waals surface area contributed by atoms with Crippen molar-refractivity contribution in [1.82, 2.24) is 29.1 Å². The van der Waals surface area contributed by atoms with Gasteiger partial charge in [-0.2, -0.15) is 15.0 Å². The highest BCUT2D eigenvalue weighted by Gasteiger charge is 2.22. The summed E-state index contributed by atoms with van der Waals surface area (Å²) in [5.74, 6) is 1.76. The number of nitrogens with zero attached hydrogens (tertiary/aromatic N) is 6. The molecule has 41 heavy (non-hydrogen) atoms. The van der Waals surface area contributed by atoms with Crippen LogP contribution in [0.1, 0.15) is 0 Å². The van der Waals surface area contributed by atoms with Gasteiger partial charge in [-0.05, 0) is 30.3 Å². The number of para-hydroxylation sites is 2. The molecular weight excluding hydrogens is 524 g/mol. The highest BCUT2D eigenvalue weighted by Crippen LogP contribution is 2.41. The van der Waals surface area contributed by atoms with Gasteiger partial charge in [0.25, 0.3) is 0 Å². The summed E-state index contributed by atoms with van der Waals surface area (Å²) >= 11 is 1.73. The molecule has 5 heterocycles. The van der Waals surface area contributed by atoms with Crippen LogP contribution in [0.5, 0.6) is 0 Å². The molecule has 9 aromatic rings. The van der Waals surface area contributed by atoms with Crippen molar-refractivity contribution in [3.05, 3.63) is 121 Å². The molecule has 0 fully saturated rings. The summed E-state index contributed by atoms with van der Waals surface area (Å²) in [5.41, 5.74) is 4.95. The Labute approximate surface area is 237 Å². The Balaban J connectivity index is 1.43. The van der Waals surface area contributed by atoms with Gasteiger partial charge >= 0.3 is 0 Å². The molecule has 0 radical (unpaired) electrons. The predicted molar refractivity (Wildman–Crippen MR) is 167 cm³/mol. The Bertz CT molecular complexity index is 2380. The van der Waals surface area contributed by atoms with Crippen LogP contribution in [-0.4, -0.2) is 29.1 Å². The maximum atomic E-state index is 5.20. The van der Waals surface area contributed by atoms with Gasteiger partial charge in [-0.15, -0.1) is 11.3 Å². The summed E-state index contributed by atoms with van der Waals surface area (Å²) in [6, 6.07) is 39.5. The fraction of sp³-hybridized carbons (Fsp3) is 0. The quantitative estimate of drug-likeness (QED) is 0.224. The number of benzene rings is 4. The van der Waals surface area contributed by atoms with E-state index in [9.17, 15) is 0 Å². The molecular formula is C34H20N6S. The molecule has 0 amide bonds. The maximum absolute atomic E-state index is 5.20. The summed E-state index contributed by atoms with van der Waals surface area (Å²) in [5, 5.41) is 4.64. The van der Waals surface area contributed by atoms with Gasteiger partial charge < -0.3 is 0 Å². The molecule has 0 saturated heterocycles. The Hall–Kier alpha value is -5.40. The minimum atomic E-state index is 0.565. The van der Waals surface area contributed by atoms with E-state index >= 15 is 0 Å².